The van der Waals surface area contributed by atoms with Crippen LogP contribution in [0.15, 0.2) is 243 Å². The fraction of sp³-hybridized carbons (Fsp3) is 0.0441. The molecule has 2 spiro atoms. The van der Waals surface area contributed by atoms with E-state index in [1.165, 1.54) is 140 Å². The van der Waals surface area contributed by atoms with Crippen molar-refractivity contribution in [3.05, 3.63) is 276 Å². The zero-order valence-electron chi connectivity index (χ0n) is 38.6. The summed E-state index contributed by atoms with van der Waals surface area (Å²) < 4.78 is 7.82. The molecule has 3 nitrogen and oxygen atoms in total. The number of hydrogen-bond donors (Lipinski definition) is 0. The van der Waals surface area contributed by atoms with Crippen LogP contribution >= 0.6 is 0 Å². The van der Waals surface area contributed by atoms with Crippen molar-refractivity contribution in [2.45, 2.75) is 17.5 Å². The Balaban J connectivity index is 1.16. The minimum Gasteiger partial charge on any atom is -0.184 e. The lowest BCUT2D eigenvalue weighted by Crippen LogP contribution is -2.63. The highest BCUT2D eigenvalue weighted by Gasteiger charge is 2.61. The summed E-state index contributed by atoms with van der Waals surface area (Å²) in [4.78, 5) is 0. The number of rotatable bonds is 1. The molecule has 7 aromatic carbocycles. The first kappa shape index (κ1) is 37.9. The lowest BCUT2D eigenvalue weighted by Gasteiger charge is -2.41. The summed E-state index contributed by atoms with van der Waals surface area (Å²) in [7, 11) is 0. The molecule has 2 atom stereocenters. The topological polar surface area (TPSA) is 11.6 Å². The Morgan fingerprint density at radius 1 is 0.338 bits per heavy atom. The predicted octanol–water partition coefficient (Wildman–Crippen LogP) is 13.8. The SMILES string of the molecule is C1=C2/c3ccccc3-c3ccc4c(c3)C3=C5c6cc(ccc6-c6cccc[n+]65)-c5ccccc5/C(=C/C5=C\C26Cc2cc(ccc2-c2cc(-c7ccccc7)cc[n+]26)-c2ccccc25)C/13[n+]1ccccc1-4. The van der Waals surface area contributed by atoms with Gasteiger partial charge in [-0.05, 0) is 133 Å². The number of hydrogen-bond acceptors (Lipinski definition) is 0. The molecule has 3 aromatic heterocycles. The first-order chi connectivity index (χ1) is 35.1. The van der Waals surface area contributed by atoms with Crippen molar-refractivity contribution in [3.63, 3.8) is 0 Å². The van der Waals surface area contributed by atoms with Crippen LogP contribution in [0.3, 0.4) is 0 Å². The standard InChI is InChI=1S/C68H42N3/c1-2-14-42(15-3-1)43-30-33-70-64(38-43)53-27-24-44-34-47(53)39-67(70)40-48(52-19-5-4-16-49(44)52)37-60-54-20-8-6-17-50(54)46-26-29-57-59(36-46)66(69-31-12-10-22-62(57)69)65-58-35-45-25-28-56(58)63-23-11-13-32-71(63)68(60,65)41-61(67)55-21-9-7-18-51(45)55/h1-38,40-41H,39H2/q+3/b48-40+,60-37-,61-41-,66-65?. The molecule has 0 saturated carbocycles. The van der Waals surface area contributed by atoms with Gasteiger partial charge >= 0.3 is 0 Å². The summed E-state index contributed by atoms with van der Waals surface area (Å²) in [6.45, 7) is 0. The quantitative estimate of drug-likeness (QED) is 0.146. The highest BCUT2D eigenvalue weighted by molar-refractivity contribution is 6.12. The highest BCUT2D eigenvalue weighted by Crippen LogP contribution is 2.60. The molecule has 10 bridgehead atoms. The third-order valence-electron chi connectivity index (χ3n) is 16.9. The summed E-state index contributed by atoms with van der Waals surface area (Å²) in [5.74, 6) is 0. The molecule has 3 heteroatoms. The highest BCUT2D eigenvalue weighted by atomic mass is 15.1. The van der Waals surface area contributed by atoms with E-state index in [9.17, 15) is 0 Å². The first-order valence-electron chi connectivity index (χ1n) is 24.9. The van der Waals surface area contributed by atoms with Crippen LogP contribution in [0.2, 0.25) is 0 Å². The number of aromatic nitrogens is 3. The molecule has 7 aliphatic rings. The van der Waals surface area contributed by atoms with E-state index in [0.29, 0.717) is 0 Å². The van der Waals surface area contributed by atoms with Crippen LogP contribution in [0.25, 0.3) is 106 Å². The Kier molecular flexibility index (Phi) is 7.14. The summed E-state index contributed by atoms with van der Waals surface area (Å²) in [5.41, 5.74) is 29.2. The van der Waals surface area contributed by atoms with Crippen molar-refractivity contribution in [3.8, 4) is 78.3 Å². The maximum absolute atomic E-state index is 2.77. The zero-order valence-corrected chi connectivity index (χ0v) is 38.6. The molecule has 0 saturated heterocycles. The molecular formula is C68H42N3+3. The Morgan fingerprint density at radius 2 is 0.944 bits per heavy atom. The minimum atomic E-state index is -0.923. The monoisotopic (exact) mass is 900 g/mol. The average molecular weight is 901 g/mol. The van der Waals surface area contributed by atoms with Crippen molar-refractivity contribution in [2.75, 3.05) is 0 Å². The van der Waals surface area contributed by atoms with Crippen LogP contribution < -0.4 is 13.7 Å². The molecule has 71 heavy (non-hydrogen) atoms. The van der Waals surface area contributed by atoms with Crippen molar-refractivity contribution < 1.29 is 13.7 Å². The van der Waals surface area contributed by atoms with E-state index in [2.05, 4.69) is 257 Å². The third kappa shape index (κ3) is 4.76. The van der Waals surface area contributed by atoms with Gasteiger partial charge in [0.25, 0.3) is 0 Å². The van der Waals surface area contributed by atoms with E-state index in [0.717, 1.165) is 6.42 Å². The maximum atomic E-state index is 2.77. The molecule has 3 aliphatic heterocycles. The van der Waals surface area contributed by atoms with Crippen molar-refractivity contribution in [1.29, 1.82) is 0 Å². The zero-order chi connectivity index (χ0) is 46.2. The van der Waals surface area contributed by atoms with Crippen LogP contribution in [0, 0.1) is 0 Å². The van der Waals surface area contributed by atoms with Gasteiger partial charge in [0.2, 0.25) is 33.9 Å². The smallest absolute Gasteiger partial charge is 0.184 e. The summed E-state index contributed by atoms with van der Waals surface area (Å²) in [6.07, 6.45) is 15.9. The molecule has 17 rings (SSSR count). The Hall–Kier alpha value is -9.05. The molecule has 0 amide bonds. The fourth-order valence-corrected chi connectivity index (χ4v) is 14.0. The van der Waals surface area contributed by atoms with Gasteiger partial charge in [-0.15, -0.1) is 0 Å². The Morgan fingerprint density at radius 3 is 1.72 bits per heavy atom. The lowest BCUT2D eigenvalue weighted by molar-refractivity contribution is -0.730. The molecule has 4 aliphatic carbocycles. The molecule has 2 unspecified atom stereocenters. The Bertz CT molecular complexity index is 4260. The van der Waals surface area contributed by atoms with Crippen LogP contribution in [-0.2, 0) is 17.5 Å². The van der Waals surface area contributed by atoms with Gasteiger partial charge in [-0.25, -0.2) is 0 Å². The minimum absolute atomic E-state index is 0.722. The number of fused-ring (bicyclic) bond motifs is 19. The van der Waals surface area contributed by atoms with Gasteiger partial charge in [-0.2, -0.15) is 13.7 Å². The molecule has 326 valence electrons. The van der Waals surface area contributed by atoms with Gasteiger partial charge < -0.3 is 0 Å². The van der Waals surface area contributed by atoms with E-state index in [1.54, 1.807) is 0 Å². The van der Waals surface area contributed by atoms with Crippen LogP contribution in [0.1, 0.15) is 33.4 Å². The third-order valence-corrected chi connectivity index (χ3v) is 16.9. The summed E-state index contributed by atoms with van der Waals surface area (Å²) in [5, 5.41) is 0. The normalized spacial score (nSPS) is 21.2. The molecule has 10 aromatic rings. The van der Waals surface area contributed by atoms with Crippen molar-refractivity contribution in [1.82, 2.24) is 0 Å². The lowest BCUT2D eigenvalue weighted by atomic mass is 9.65. The van der Waals surface area contributed by atoms with Gasteiger partial charge in [-0.1, -0.05) is 121 Å². The molecular weight excluding hydrogens is 859 g/mol. The molecule has 6 heterocycles. The second-order valence-corrected chi connectivity index (χ2v) is 20.3. The maximum Gasteiger partial charge on any atom is 0.246 e. The first-order valence-corrected chi connectivity index (χ1v) is 24.9. The van der Waals surface area contributed by atoms with Gasteiger partial charge in [0.1, 0.15) is 5.57 Å². The summed E-state index contributed by atoms with van der Waals surface area (Å²) in [6, 6.07) is 78.7. The van der Waals surface area contributed by atoms with E-state index < -0.39 is 11.1 Å². The van der Waals surface area contributed by atoms with E-state index in [1.807, 2.05) is 0 Å². The van der Waals surface area contributed by atoms with E-state index in [4.69, 9.17) is 0 Å². The molecule has 0 N–H and O–H groups in total. The van der Waals surface area contributed by atoms with Crippen molar-refractivity contribution >= 4 is 28.0 Å². The average Bonchev–Trinajstić information content (AvgIpc) is 3.77. The number of allylic oxidation sites excluding steroid dienone is 7. The van der Waals surface area contributed by atoms with E-state index in [-0.39, 0.29) is 0 Å². The summed E-state index contributed by atoms with van der Waals surface area (Å²) >= 11 is 0. The number of nitrogens with zero attached hydrogens (tertiary/aromatic N) is 3. The fourth-order valence-electron chi connectivity index (χ4n) is 14.0. The molecule has 0 fully saturated rings. The van der Waals surface area contributed by atoms with Crippen molar-refractivity contribution in [2.24, 2.45) is 0 Å². The van der Waals surface area contributed by atoms with Gasteiger partial charge in [0, 0.05) is 71.2 Å². The van der Waals surface area contributed by atoms with Gasteiger partial charge in [0.15, 0.2) is 18.6 Å². The Labute approximate surface area is 411 Å². The van der Waals surface area contributed by atoms with Gasteiger partial charge in [-0.3, -0.25) is 0 Å². The van der Waals surface area contributed by atoms with Crippen LogP contribution in [-0.4, -0.2) is 0 Å². The molecule has 0 radical (unpaired) electrons. The second kappa shape index (κ2) is 13.4. The number of benzene rings is 7. The largest absolute Gasteiger partial charge is 0.246 e. The predicted molar refractivity (Wildman–Crippen MR) is 284 cm³/mol. The van der Waals surface area contributed by atoms with Crippen LogP contribution in [0.5, 0.6) is 0 Å². The van der Waals surface area contributed by atoms with Gasteiger partial charge in [0.05, 0.1) is 16.7 Å². The van der Waals surface area contributed by atoms with E-state index >= 15 is 0 Å². The van der Waals surface area contributed by atoms with Crippen LogP contribution in [0.4, 0.5) is 0 Å². The second-order valence-electron chi connectivity index (χ2n) is 20.3. The number of pyridine rings is 3.